The van der Waals surface area contributed by atoms with Gasteiger partial charge in [0.1, 0.15) is 6.54 Å². The van der Waals surface area contributed by atoms with Crippen LogP contribution in [0.3, 0.4) is 0 Å². The summed E-state index contributed by atoms with van der Waals surface area (Å²) < 4.78 is 0. The fraction of sp³-hybridized carbons (Fsp3) is 0.846. The lowest BCUT2D eigenvalue weighted by Gasteiger charge is -2.38. The smallest absolute Gasteiger partial charge is 0.322 e. The lowest BCUT2D eigenvalue weighted by atomic mass is 9.89. The van der Waals surface area contributed by atoms with Crippen LogP contribution in [-0.2, 0) is 9.59 Å². The second-order valence-electron chi connectivity index (χ2n) is 5.78. The zero-order valence-electron chi connectivity index (χ0n) is 11.5. The van der Waals surface area contributed by atoms with Gasteiger partial charge < -0.3 is 10.4 Å². The first-order chi connectivity index (χ1) is 8.33. The zero-order valence-corrected chi connectivity index (χ0v) is 11.5. The van der Waals surface area contributed by atoms with Crippen LogP contribution in [0, 0.1) is 5.41 Å². The van der Waals surface area contributed by atoms with Crippen molar-refractivity contribution in [2.75, 3.05) is 19.6 Å². The molecule has 18 heavy (non-hydrogen) atoms. The first kappa shape index (κ1) is 15.0. The van der Waals surface area contributed by atoms with Crippen molar-refractivity contribution in [1.82, 2.24) is 10.2 Å². The van der Waals surface area contributed by atoms with Gasteiger partial charge in [-0.2, -0.15) is 0 Å². The molecule has 5 nitrogen and oxygen atoms in total. The highest BCUT2D eigenvalue weighted by Crippen LogP contribution is 2.23. The number of likely N-dealkylation sites (tertiary alicyclic amines) is 1. The number of carbonyl (C=O) groups excluding carboxylic acids is 1. The first-order valence-corrected chi connectivity index (χ1v) is 6.57. The molecule has 104 valence electrons. The highest BCUT2D eigenvalue weighted by molar-refractivity contribution is 5.85. The molecule has 1 amide bonds. The van der Waals surface area contributed by atoms with Gasteiger partial charge in [0.25, 0.3) is 0 Å². The quantitative estimate of drug-likeness (QED) is 0.772. The van der Waals surface area contributed by atoms with Gasteiger partial charge in [-0.25, -0.2) is 0 Å². The van der Waals surface area contributed by atoms with Crippen LogP contribution in [0.25, 0.3) is 0 Å². The van der Waals surface area contributed by atoms with Gasteiger partial charge in [-0.05, 0) is 40.2 Å². The number of hydrogen-bond acceptors (Lipinski definition) is 3. The van der Waals surface area contributed by atoms with Crippen molar-refractivity contribution >= 4 is 11.9 Å². The minimum Gasteiger partial charge on any atom is -0.480 e. The van der Waals surface area contributed by atoms with Crippen LogP contribution >= 0.6 is 0 Å². The molecule has 1 unspecified atom stereocenters. The number of carboxylic acid groups (broad SMARTS) is 1. The summed E-state index contributed by atoms with van der Waals surface area (Å²) in [6, 6.07) is 0.505. The van der Waals surface area contributed by atoms with Gasteiger partial charge in [-0.3, -0.25) is 14.5 Å². The van der Waals surface area contributed by atoms with Gasteiger partial charge in [-0.1, -0.05) is 6.42 Å². The second kappa shape index (κ2) is 6.18. The van der Waals surface area contributed by atoms with Crippen LogP contribution in [0.2, 0.25) is 0 Å². The molecule has 1 fully saturated rings. The molecule has 5 heteroatoms. The molecular formula is C13H24N2O3. The average molecular weight is 256 g/mol. The van der Waals surface area contributed by atoms with Crippen molar-refractivity contribution < 1.29 is 14.7 Å². The number of rotatable bonds is 5. The van der Waals surface area contributed by atoms with E-state index in [4.69, 9.17) is 5.11 Å². The number of amides is 1. The Kier molecular flexibility index (Phi) is 5.14. The Morgan fingerprint density at radius 3 is 2.61 bits per heavy atom. The molecule has 0 radical (unpaired) electrons. The Balaban J connectivity index is 2.51. The van der Waals surface area contributed by atoms with E-state index in [1.165, 1.54) is 19.3 Å². The Morgan fingerprint density at radius 1 is 1.39 bits per heavy atom. The van der Waals surface area contributed by atoms with E-state index in [2.05, 4.69) is 17.1 Å². The summed E-state index contributed by atoms with van der Waals surface area (Å²) >= 11 is 0. The number of nitrogens with zero attached hydrogens (tertiary/aromatic N) is 1. The van der Waals surface area contributed by atoms with Gasteiger partial charge in [0.2, 0.25) is 5.91 Å². The molecule has 0 saturated carbocycles. The first-order valence-electron chi connectivity index (χ1n) is 6.57. The molecule has 1 saturated heterocycles. The van der Waals surface area contributed by atoms with Crippen LogP contribution in [0.15, 0.2) is 0 Å². The second-order valence-corrected chi connectivity index (χ2v) is 5.78. The molecule has 0 aromatic rings. The molecule has 0 bridgehead atoms. The molecule has 0 aromatic carbocycles. The number of hydrogen-bond donors (Lipinski definition) is 2. The van der Waals surface area contributed by atoms with Crippen LogP contribution in [0.5, 0.6) is 0 Å². The maximum absolute atomic E-state index is 11.9. The van der Waals surface area contributed by atoms with E-state index in [0.717, 1.165) is 6.54 Å². The molecule has 1 atom stereocenters. The largest absolute Gasteiger partial charge is 0.480 e. The topological polar surface area (TPSA) is 69.6 Å². The highest BCUT2D eigenvalue weighted by Gasteiger charge is 2.32. The Bertz CT molecular complexity index is 315. The zero-order chi connectivity index (χ0) is 13.8. The van der Waals surface area contributed by atoms with E-state index >= 15 is 0 Å². The average Bonchev–Trinajstić information content (AvgIpc) is 2.28. The van der Waals surface area contributed by atoms with Crippen LogP contribution < -0.4 is 5.32 Å². The van der Waals surface area contributed by atoms with Crippen LogP contribution in [-0.4, -0.2) is 47.6 Å². The molecule has 1 heterocycles. The lowest BCUT2D eigenvalue weighted by molar-refractivity contribution is -0.140. The number of nitrogens with one attached hydrogen (secondary N) is 1. The molecule has 1 aliphatic heterocycles. The van der Waals surface area contributed by atoms with Crippen LogP contribution in [0.1, 0.15) is 40.0 Å². The van der Waals surface area contributed by atoms with Crippen molar-refractivity contribution in [2.45, 2.75) is 46.1 Å². The fourth-order valence-electron chi connectivity index (χ4n) is 2.37. The van der Waals surface area contributed by atoms with Gasteiger partial charge in [0, 0.05) is 12.6 Å². The molecule has 1 aliphatic rings. The third-order valence-corrected chi connectivity index (χ3v) is 3.55. The third kappa shape index (κ3) is 4.29. The van der Waals surface area contributed by atoms with Gasteiger partial charge in [0.15, 0.2) is 0 Å². The van der Waals surface area contributed by atoms with Gasteiger partial charge >= 0.3 is 5.97 Å². The minimum absolute atomic E-state index is 0.192. The van der Waals surface area contributed by atoms with E-state index in [1.807, 2.05) is 13.8 Å². The molecule has 0 spiro atoms. The Labute approximate surface area is 109 Å². The molecule has 0 aromatic heterocycles. The summed E-state index contributed by atoms with van der Waals surface area (Å²) in [5.74, 6) is -1.20. The standard InChI is InChI=1S/C13H24N2O3/c1-10-6-4-5-7-15(10)9-13(2,3)12(18)14-8-11(16)17/h10H,4-9H2,1-3H3,(H,14,18)(H,16,17). The summed E-state index contributed by atoms with van der Waals surface area (Å²) in [6.45, 7) is 7.32. The summed E-state index contributed by atoms with van der Waals surface area (Å²) in [6.07, 6.45) is 3.60. The SMILES string of the molecule is CC1CCCCN1CC(C)(C)C(=O)NCC(=O)O. The van der Waals surface area contributed by atoms with Crippen molar-refractivity contribution in [3.05, 3.63) is 0 Å². The van der Waals surface area contributed by atoms with E-state index in [0.29, 0.717) is 12.6 Å². The molecule has 0 aliphatic carbocycles. The van der Waals surface area contributed by atoms with Gasteiger partial charge in [0.05, 0.1) is 5.41 Å². The van der Waals surface area contributed by atoms with E-state index < -0.39 is 11.4 Å². The normalized spacial score (nSPS) is 21.6. The monoisotopic (exact) mass is 256 g/mol. The van der Waals surface area contributed by atoms with Crippen molar-refractivity contribution in [2.24, 2.45) is 5.41 Å². The summed E-state index contributed by atoms with van der Waals surface area (Å²) in [5, 5.41) is 11.0. The van der Waals surface area contributed by atoms with Crippen LogP contribution in [0.4, 0.5) is 0 Å². The molecule has 1 rings (SSSR count). The number of aliphatic carboxylic acids is 1. The number of piperidine rings is 1. The van der Waals surface area contributed by atoms with Crippen molar-refractivity contribution in [3.8, 4) is 0 Å². The molecular weight excluding hydrogens is 232 g/mol. The van der Waals surface area contributed by atoms with Gasteiger partial charge in [-0.15, -0.1) is 0 Å². The lowest BCUT2D eigenvalue weighted by Crippen LogP contribution is -2.49. The van der Waals surface area contributed by atoms with E-state index in [9.17, 15) is 9.59 Å². The minimum atomic E-state index is -1.01. The number of carbonyl (C=O) groups is 2. The maximum Gasteiger partial charge on any atom is 0.322 e. The summed E-state index contributed by atoms with van der Waals surface area (Å²) in [4.78, 5) is 24.7. The summed E-state index contributed by atoms with van der Waals surface area (Å²) in [7, 11) is 0. The van der Waals surface area contributed by atoms with E-state index in [-0.39, 0.29) is 12.5 Å². The fourth-order valence-corrected chi connectivity index (χ4v) is 2.37. The summed E-state index contributed by atoms with van der Waals surface area (Å²) in [5.41, 5.74) is -0.555. The molecule has 2 N–H and O–H groups in total. The Hall–Kier alpha value is -1.10. The predicted octanol–water partition coefficient (Wildman–Crippen LogP) is 1.09. The predicted molar refractivity (Wildman–Crippen MR) is 69.3 cm³/mol. The number of carboxylic acids is 1. The van der Waals surface area contributed by atoms with Crippen molar-refractivity contribution in [1.29, 1.82) is 0 Å². The van der Waals surface area contributed by atoms with E-state index in [1.54, 1.807) is 0 Å². The Morgan fingerprint density at radius 2 is 2.06 bits per heavy atom. The third-order valence-electron chi connectivity index (χ3n) is 3.55. The maximum atomic E-state index is 11.9. The highest BCUT2D eigenvalue weighted by atomic mass is 16.4. The van der Waals surface area contributed by atoms with Crippen molar-refractivity contribution in [3.63, 3.8) is 0 Å².